The van der Waals surface area contributed by atoms with Crippen LogP contribution in [0, 0.1) is 0 Å². The van der Waals surface area contributed by atoms with Crippen LogP contribution >= 0.6 is 23.2 Å². The molecular weight excluding hydrogens is 415 g/mol. The Labute approximate surface area is 187 Å². The number of piperazine rings is 1. The van der Waals surface area contributed by atoms with E-state index in [9.17, 15) is 4.79 Å². The van der Waals surface area contributed by atoms with Gasteiger partial charge in [-0.05, 0) is 61.0 Å². The molecule has 1 heterocycles. The minimum Gasteiger partial charge on any atom is -0.368 e. The highest BCUT2D eigenvalue weighted by Gasteiger charge is 2.18. The second kappa shape index (κ2) is 9.43. The lowest BCUT2D eigenvalue weighted by molar-refractivity contribution is 0.0983. The first kappa shape index (κ1) is 20.6. The lowest BCUT2D eigenvalue weighted by Crippen LogP contribution is -2.46. The van der Waals surface area contributed by atoms with Gasteiger partial charge in [-0.15, -0.1) is 0 Å². The van der Waals surface area contributed by atoms with Crippen molar-refractivity contribution in [1.82, 2.24) is 0 Å². The lowest BCUT2D eigenvalue weighted by Gasteiger charge is -2.37. The van der Waals surface area contributed by atoms with Crippen molar-refractivity contribution in [2.24, 2.45) is 0 Å². The Morgan fingerprint density at radius 1 is 0.900 bits per heavy atom. The maximum atomic E-state index is 12.5. The van der Waals surface area contributed by atoms with E-state index in [0.717, 1.165) is 48.7 Å². The summed E-state index contributed by atoms with van der Waals surface area (Å²) in [6.07, 6.45) is 6.88. The van der Waals surface area contributed by atoms with Gasteiger partial charge < -0.3 is 9.80 Å². The molecule has 4 rings (SSSR count). The Kier molecular flexibility index (Phi) is 6.47. The Bertz CT molecular complexity index is 1070. The van der Waals surface area contributed by atoms with Gasteiger partial charge in [0.15, 0.2) is 5.78 Å². The van der Waals surface area contributed by atoms with E-state index in [1.165, 1.54) is 0 Å². The normalized spacial score (nSPS) is 15.5. The Hall–Kier alpha value is -2.67. The summed E-state index contributed by atoms with van der Waals surface area (Å²) in [5.41, 5.74) is 9.99. The van der Waals surface area contributed by atoms with Crippen LogP contribution in [0.5, 0.6) is 0 Å². The summed E-state index contributed by atoms with van der Waals surface area (Å²) in [4.78, 5) is 17.2. The summed E-state index contributed by atoms with van der Waals surface area (Å²) < 4.78 is 0. The molecule has 0 saturated carbocycles. The minimum absolute atomic E-state index is 0.156. The molecule has 1 fully saturated rings. The van der Waals surface area contributed by atoms with Gasteiger partial charge in [0, 0.05) is 55.1 Å². The van der Waals surface area contributed by atoms with E-state index in [1.807, 2.05) is 60.7 Å². The average molecular weight is 437 g/mol. The molecule has 5 heteroatoms. The Morgan fingerprint density at radius 3 is 2.20 bits per heavy atom. The summed E-state index contributed by atoms with van der Waals surface area (Å²) in [7, 11) is 0. The van der Waals surface area contributed by atoms with Gasteiger partial charge >= 0.3 is 0 Å². The van der Waals surface area contributed by atoms with E-state index in [-0.39, 0.29) is 5.78 Å². The van der Waals surface area contributed by atoms with Crippen LogP contribution < -0.4 is 9.80 Å². The molecule has 0 unspecified atom stereocenters. The largest absolute Gasteiger partial charge is 0.368 e. The van der Waals surface area contributed by atoms with Crippen LogP contribution in [0.2, 0.25) is 10.0 Å². The number of allylic oxidation sites excluding steroid dienone is 4. The number of hydrogen-bond donors (Lipinski definition) is 0. The van der Waals surface area contributed by atoms with E-state index in [1.54, 1.807) is 0 Å². The average Bonchev–Trinajstić information content (AvgIpc) is 2.80. The van der Waals surface area contributed by atoms with E-state index in [4.69, 9.17) is 23.2 Å². The third-order valence-electron chi connectivity index (χ3n) is 5.43. The van der Waals surface area contributed by atoms with Crippen molar-refractivity contribution in [3.63, 3.8) is 0 Å². The van der Waals surface area contributed by atoms with Crippen molar-refractivity contribution in [1.29, 1.82) is 0 Å². The highest BCUT2D eigenvalue weighted by Crippen LogP contribution is 2.28. The van der Waals surface area contributed by atoms with Gasteiger partial charge in [0.1, 0.15) is 0 Å². The predicted molar refractivity (Wildman–Crippen MR) is 125 cm³/mol. The summed E-state index contributed by atoms with van der Waals surface area (Å²) in [6.45, 7) is 3.63. The fraction of sp³-hybridized carbons (Fsp3) is 0.240. The summed E-state index contributed by atoms with van der Waals surface area (Å²) in [5.74, 6) is 0.156. The standard InChI is InChI=1S/C25H22Cl2N2O/c26-23-12-11-22(18-24(23)27)29-16-14-28(15-17-29)21-9-7-20(8-10-21)25(30)13-6-19-4-2-1-3-5-19/h1-2,4,7-12,18H,6,13-17H2. The smallest absolute Gasteiger partial charge is 0.163 e. The highest BCUT2D eigenvalue weighted by molar-refractivity contribution is 6.42. The summed E-state index contributed by atoms with van der Waals surface area (Å²) in [5, 5.41) is 1.16. The highest BCUT2D eigenvalue weighted by atomic mass is 35.5. The van der Waals surface area contributed by atoms with Gasteiger partial charge in [0.2, 0.25) is 0 Å². The number of benzene rings is 2. The van der Waals surface area contributed by atoms with Gasteiger partial charge in [-0.1, -0.05) is 40.7 Å². The van der Waals surface area contributed by atoms with Gasteiger partial charge in [-0.25, -0.2) is 0 Å². The molecule has 2 aromatic rings. The lowest BCUT2D eigenvalue weighted by atomic mass is 10.0. The number of carbonyl (C=O) groups excluding carboxylic acids is 1. The fourth-order valence-electron chi connectivity index (χ4n) is 3.69. The van der Waals surface area contributed by atoms with E-state index >= 15 is 0 Å². The maximum Gasteiger partial charge on any atom is 0.163 e. The zero-order valence-corrected chi connectivity index (χ0v) is 18.1. The Balaban J connectivity index is 1.32. The van der Waals surface area contributed by atoms with Crippen molar-refractivity contribution >= 4 is 40.4 Å². The first-order chi connectivity index (χ1) is 14.6. The monoisotopic (exact) mass is 436 g/mol. The molecule has 1 aliphatic heterocycles. The first-order valence-corrected chi connectivity index (χ1v) is 10.8. The molecule has 3 nitrogen and oxygen atoms in total. The van der Waals surface area contributed by atoms with Crippen LogP contribution in [0.1, 0.15) is 23.2 Å². The Morgan fingerprint density at radius 2 is 1.57 bits per heavy atom. The van der Waals surface area contributed by atoms with Gasteiger partial charge in [0.25, 0.3) is 0 Å². The molecule has 30 heavy (non-hydrogen) atoms. The molecule has 0 bridgehead atoms. The topological polar surface area (TPSA) is 23.6 Å². The molecule has 0 atom stereocenters. The quantitative estimate of drug-likeness (QED) is 0.404. The molecular formula is C25H22Cl2N2O. The third-order valence-corrected chi connectivity index (χ3v) is 6.17. The number of ketones is 1. The fourth-order valence-corrected chi connectivity index (χ4v) is 3.98. The molecule has 152 valence electrons. The number of rotatable bonds is 6. The number of anilines is 2. The van der Waals surface area contributed by atoms with Gasteiger partial charge in [-0.2, -0.15) is 0 Å². The number of carbonyl (C=O) groups is 1. The molecule has 0 N–H and O–H groups in total. The van der Waals surface area contributed by atoms with Crippen molar-refractivity contribution in [3.05, 3.63) is 93.3 Å². The summed E-state index contributed by atoms with van der Waals surface area (Å²) in [6, 6.07) is 13.7. The molecule has 1 saturated heterocycles. The number of hydrogen-bond acceptors (Lipinski definition) is 3. The summed E-state index contributed by atoms with van der Waals surface area (Å²) >= 11 is 12.2. The molecule has 0 amide bonds. The zero-order valence-electron chi connectivity index (χ0n) is 16.6. The van der Waals surface area contributed by atoms with Crippen molar-refractivity contribution in [2.75, 3.05) is 36.0 Å². The SMILES string of the molecule is O=C(CCC1=C=C=CC=C1)c1ccc(N2CCN(c3ccc(Cl)c(Cl)c3)CC2)cc1. The minimum atomic E-state index is 0.156. The second-order valence-corrected chi connectivity index (χ2v) is 8.18. The van der Waals surface area contributed by atoms with Crippen LogP contribution in [0.15, 0.2) is 77.7 Å². The van der Waals surface area contributed by atoms with E-state index in [0.29, 0.717) is 22.9 Å². The van der Waals surface area contributed by atoms with Crippen LogP contribution in [0.25, 0.3) is 0 Å². The van der Waals surface area contributed by atoms with Crippen LogP contribution in [-0.4, -0.2) is 32.0 Å². The van der Waals surface area contributed by atoms with E-state index < -0.39 is 0 Å². The second-order valence-electron chi connectivity index (χ2n) is 7.36. The van der Waals surface area contributed by atoms with Gasteiger partial charge in [-0.3, -0.25) is 4.79 Å². The maximum absolute atomic E-state index is 12.5. The molecule has 0 aromatic heterocycles. The van der Waals surface area contributed by atoms with Crippen LogP contribution in [0.4, 0.5) is 11.4 Å². The van der Waals surface area contributed by atoms with Crippen molar-refractivity contribution < 1.29 is 4.79 Å². The predicted octanol–water partition coefficient (Wildman–Crippen LogP) is 6.09. The van der Waals surface area contributed by atoms with Crippen molar-refractivity contribution in [3.8, 4) is 0 Å². The first-order valence-electron chi connectivity index (χ1n) is 10.1. The van der Waals surface area contributed by atoms with Crippen LogP contribution in [-0.2, 0) is 0 Å². The molecule has 1 aliphatic carbocycles. The molecule has 0 radical (unpaired) electrons. The van der Waals surface area contributed by atoms with E-state index in [2.05, 4.69) is 21.3 Å². The number of nitrogens with zero attached hydrogens (tertiary/aromatic N) is 2. The number of halogens is 2. The van der Waals surface area contributed by atoms with Crippen LogP contribution in [0.3, 0.4) is 0 Å². The van der Waals surface area contributed by atoms with Gasteiger partial charge in [0.05, 0.1) is 10.0 Å². The zero-order chi connectivity index (χ0) is 20.9. The molecule has 2 aliphatic rings. The number of Topliss-reactive ketones (excluding diaryl/α,β-unsaturated/α-hetero) is 1. The molecule has 2 aromatic carbocycles. The molecule has 0 spiro atoms. The third kappa shape index (κ3) is 4.90. The van der Waals surface area contributed by atoms with Crippen molar-refractivity contribution in [2.45, 2.75) is 12.8 Å².